The number of carbonyl (C=O) groups is 3. The lowest BCUT2D eigenvalue weighted by molar-refractivity contribution is -0.131. The van der Waals surface area contributed by atoms with Crippen LogP contribution < -0.4 is 16.0 Å². The number of rotatable bonds is 15. The van der Waals surface area contributed by atoms with Crippen molar-refractivity contribution in [3.8, 4) is 0 Å². The Morgan fingerprint density at radius 2 is 1.31 bits per heavy atom. The molecule has 0 aromatic heterocycles. The van der Waals surface area contributed by atoms with E-state index in [1.165, 1.54) is 11.6 Å². The van der Waals surface area contributed by atoms with Crippen LogP contribution in [0, 0.1) is 17.8 Å². The predicted molar refractivity (Wildman–Crippen MR) is 193 cm³/mol. The molecule has 3 atom stereocenters. The molecule has 262 valence electrons. The standard InChI is InChI=1S/C38H54N4O5S/c1-27(2)25-33(21-24-48(46,47)26-32-15-11-8-12-16-32)39-36(43)34(28(3)4)40-37(44)35(29(5)6)41-38(45)42-22-19-31(20-23-42)18-17-30-13-9-7-10-14-30/h7-16,21,24-25,28-29,31,33-35H,17-20,22-23,26H2,1-6H3,(H,39,43)(H,40,44)(H,41,45)/b24-21+. The first-order valence-electron chi connectivity index (χ1n) is 17.0. The lowest BCUT2D eigenvalue weighted by Crippen LogP contribution is -2.59. The van der Waals surface area contributed by atoms with E-state index in [4.69, 9.17) is 0 Å². The van der Waals surface area contributed by atoms with E-state index in [1.54, 1.807) is 35.2 Å². The molecule has 48 heavy (non-hydrogen) atoms. The van der Waals surface area contributed by atoms with E-state index < -0.39 is 39.8 Å². The Kier molecular flexibility index (Phi) is 14.9. The summed E-state index contributed by atoms with van der Waals surface area (Å²) in [5, 5.41) is 9.79. The highest BCUT2D eigenvalue weighted by molar-refractivity contribution is 7.93. The first kappa shape index (κ1) is 38.5. The van der Waals surface area contributed by atoms with E-state index in [-0.39, 0.29) is 23.6 Å². The maximum atomic E-state index is 13.6. The first-order valence-corrected chi connectivity index (χ1v) is 18.8. The fourth-order valence-electron chi connectivity index (χ4n) is 5.79. The van der Waals surface area contributed by atoms with E-state index in [0.717, 1.165) is 36.7 Å². The van der Waals surface area contributed by atoms with E-state index >= 15 is 0 Å². The van der Waals surface area contributed by atoms with Gasteiger partial charge >= 0.3 is 6.03 Å². The van der Waals surface area contributed by atoms with Crippen LogP contribution in [0.15, 0.2) is 83.8 Å². The Bertz CT molecular complexity index is 1490. The van der Waals surface area contributed by atoms with Crippen molar-refractivity contribution in [1.29, 1.82) is 0 Å². The van der Waals surface area contributed by atoms with Gasteiger partial charge in [-0.25, -0.2) is 13.2 Å². The van der Waals surface area contributed by atoms with Gasteiger partial charge in [-0.2, -0.15) is 0 Å². The zero-order valence-corrected chi connectivity index (χ0v) is 30.1. The lowest BCUT2D eigenvalue weighted by atomic mass is 9.90. The summed E-state index contributed by atoms with van der Waals surface area (Å²) in [5.74, 6) is -0.978. The molecular weight excluding hydrogens is 625 g/mol. The Balaban J connectivity index is 1.59. The van der Waals surface area contributed by atoms with E-state index in [1.807, 2.05) is 53.7 Å². The van der Waals surface area contributed by atoms with Gasteiger partial charge in [0.2, 0.25) is 11.8 Å². The van der Waals surface area contributed by atoms with Gasteiger partial charge in [-0.15, -0.1) is 0 Å². The highest BCUT2D eigenvalue weighted by Crippen LogP contribution is 2.23. The molecule has 0 spiro atoms. The third-order valence-electron chi connectivity index (χ3n) is 8.59. The quantitative estimate of drug-likeness (QED) is 0.206. The number of hydrogen-bond donors (Lipinski definition) is 3. The minimum Gasteiger partial charge on any atom is -0.345 e. The Hall–Kier alpha value is -3.92. The predicted octanol–water partition coefficient (Wildman–Crippen LogP) is 5.79. The summed E-state index contributed by atoms with van der Waals surface area (Å²) in [4.78, 5) is 42.1. The second-order valence-corrected chi connectivity index (χ2v) is 15.6. The second-order valence-electron chi connectivity index (χ2n) is 13.8. The maximum Gasteiger partial charge on any atom is 0.318 e. The number of aryl methyl sites for hydroxylation is 1. The molecule has 2 aromatic rings. The van der Waals surface area contributed by atoms with Gasteiger partial charge in [0.05, 0.1) is 11.8 Å². The molecule has 0 bridgehead atoms. The van der Waals surface area contributed by atoms with Crippen molar-refractivity contribution in [2.75, 3.05) is 13.1 Å². The van der Waals surface area contributed by atoms with E-state index in [0.29, 0.717) is 24.6 Å². The normalized spacial score (nSPS) is 16.0. The zero-order valence-electron chi connectivity index (χ0n) is 29.3. The van der Waals surface area contributed by atoms with Crippen LogP contribution in [0.25, 0.3) is 0 Å². The molecule has 1 saturated heterocycles. The summed E-state index contributed by atoms with van der Waals surface area (Å²) < 4.78 is 25.6. The SMILES string of the molecule is CC(C)=CC(/C=C/S(=O)(=O)Cc1ccccc1)NC(=O)C(NC(=O)C(NC(=O)N1CCC(CCc2ccccc2)CC1)C(C)C)C(C)C. The summed E-state index contributed by atoms with van der Waals surface area (Å²) in [6, 6.07) is 16.6. The molecule has 9 nitrogen and oxygen atoms in total. The van der Waals surface area contributed by atoms with Gasteiger partial charge < -0.3 is 20.9 Å². The molecule has 2 aromatic carbocycles. The van der Waals surface area contributed by atoms with Gasteiger partial charge in [-0.05, 0) is 74.5 Å². The summed E-state index contributed by atoms with van der Waals surface area (Å²) in [6.45, 7) is 12.3. The van der Waals surface area contributed by atoms with Crippen LogP contribution in [0.1, 0.15) is 71.9 Å². The molecule has 1 fully saturated rings. The number of allylic oxidation sites excluding steroid dienone is 1. The summed E-state index contributed by atoms with van der Waals surface area (Å²) in [7, 11) is -3.59. The van der Waals surface area contributed by atoms with Crippen molar-refractivity contribution in [3.05, 3.63) is 94.9 Å². The van der Waals surface area contributed by atoms with Crippen molar-refractivity contribution in [3.63, 3.8) is 0 Å². The molecule has 1 heterocycles. The third kappa shape index (κ3) is 12.9. The highest BCUT2D eigenvalue weighted by atomic mass is 32.2. The Labute approximate surface area is 287 Å². The number of likely N-dealkylation sites (tertiary alicyclic amines) is 1. The number of hydrogen-bond acceptors (Lipinski definition) is 5. The monoisotopic (exact) mass is 678 g/mol. The lowest BCUT2D eigenvalue weighted by Gasteiger charge is -2.34. The Morgan fingerprint density at radius 1 is 0.792 bits per heavy atom. The van der Waals surface area contributed by atoms with Crippen LogP contribution in [0.4, 0.5) is 4.79 Å². The molecule has 4 amide bonds. The van der Waals surface area contributed by atoms with Crippen molar-refractivity contribution in [2.24, 2.45) is 17.8 Å². The first-order chi connectivity index (χ1) is 22.7. The van der Waals surface area contributed by atoms with Gasteiger partial charge in [-0.3, -0.25) is 9.59 Å². The van der Waals surface area contributed by atoms with Gasteiger partial charge in [0.15, 0.2) is 9.84 Å². The third-order valence-corrected chi connectivity index (χ3v) is 9.89. The van der Waals surface area contributed by atoms with Gasteiger partial charge in [0, 0.05) is 18.5 Å². The van der Waals surface area contributed by atoms with Crippen LogP contribution in [-0.2, 0) is 31.6 Å². The highest BCUT2D eigenvalue weighted by Gasteiger charge is 2.32. The van der Waals surface area contributed by atoms with Crippen molar-refractivity contribution >= 4 is 27.7 Å². The number of carbonyl (C=O) groups excluding carboxylic acids is 3. The van der Waals surface area contributed by atoms with Gasteiger partial charge in [0.25, 0.3) is 0 Å². The molecule has 3 unspecified atom stereocenters. The van der Waals surface area contributed by atoms with Crippen LogP contribution in [0.2, 0.25) is 0 Å². The number of amides is 4. The second kappa shape index (κ2) is 18.6. The maximum absolute atomic E-state index is 13.6. The largest absolute Gasteiger partial charge is 0.345 e. The van der Waals surface area contributed by atoms with E-state index in [2.05, 4.69) is 40.2 Å². The molecule has 3 rings (SSSR count). The average Bonchev–Trinajstić information content (AvgIpc) is 3.04. The Morgan fingerprint density at radius 3 is 1.85 bits per heavy atom. The summed E-state index contributed by atoms with van der Waals surface area (Å²) in [5.41, 5.74) is 2.88. The van der Waals surface area contributed by atoms with Crippen LogP contribution in [0.3, 0.4) is 0 Å². The van der Waals surface area contributed by atoms with Gasteiger partial charge in [0.1, 0.15) is 12.1 Å². The number of urea groups is 1. The molecule has 3 N–H and O–H groups in total. The van der Waals surface area contributed by atoms with Crippen LogP contribution in [-0.4, -0.2) is 62.4 Å². The van der Waals surface area contributed by atoms with Crippen molar-refractivity contribution in [1.82, 2.24) is 20.9 Å². The van der Waals surface area contributed by atoms with Crippen molar-refractivity contribution in [2.45, 2.75) is 91.1 Å². The minimum absolute atomic E-state index is 0.154. The van der Waals surface area contributed by atoms with Crippen LogP contribution in [0.5, 0.6) is 0 Å². The number of piperidine rings is 1. The summed E-state index contributed by atoms with van der Waals surface area (Å²) >= 11 is 0. The number of sulfone groups is 1. The smallest absolute Gasteiger partial charge is 0.318 e. The molecule has 0 radical (unpaired) electrons. The zero-order chi connectivity index (χ0) is 35.3. The number of nitrogens with zero attached hydrogens (tertiary/aromatic N) is 1. The fourth-order valence-corrected chi connectivity index (χ4v) is 6.96. The van der Waals surface area contributed by atoms with Crippen LogP contribution >= 0.6 is 0 Å². The molecule has 0 aliphatic carbocycles. The minimum atomic E-state index is -3.59. The van der Waals surface area contributed by atoms with E-state index in [9.17, 15) is 22.8 Å². The van der Waals surface area contributed by atoms with Gasteiger partial charge in [-0.1, -0.05) is 100 Å². The average molecular weight is 679 g/mol. The molecular formula is C38H54N4O5S. The molecule has 10 heteroatoms. The molecule has 1 aliphatic rings. The fraction of sp³-hybridized carbons (Fsp3) is 0.500. The molecule has 1 aliphatic heterocycles. The number of benzene rings is 2. The topological polar surface area (TPSA) is 125 Å². The molecule has 0 saturated carbocycles. The number of nitrogens with one attached hydrogen (secondary N) is 3. The van der Waals surface area contributed by atoms with Crippen molar-refractivity contribution < 1.29 is 22.8 Å². The summed E-state index contributed by atoms with van der Waals surface area (Å²) in [6.07, 6.45) is 7.16.